The van der Waals surface area contributed by atoms with Gasteiger partial charge < -0.3 is 21.9 Å². The van der Waals surface area contributed by atoms with Crippen LogP contribution in [0.15, 0.2) is 0 Å². The maximum atomic E-state index is 0. The summed E-state index contributed by atoms with van der Waals surface area (Å²) in [6.45, 7) is 0. The number of rotatable bonds is 0. The van der Waals surface area contributed by atoms with Gasteiger partial charge in [-0.25, -0.2) is 0 Å². The molecule has 0 unspecified atom stereocenters. The van der Waals surface area contributed by atoms with Crippen LogP contribution in [0.3, 0.4) is 0 Å². The molecule has 0 aromatic heterocycles. The van der Waals surface area contributed by atoms with Crippen LogP contribution in [-0.2, 0) is 57.7 Å². The molecule has 0 rings (SSSR count). The van der Waals surface area contributed by atoms with Crippen molar-refractivity contribution < 1.29 is 79.6 Å². The molecule has 0 aromatic carbocycles. The third-order valence-electron chi connectivity index (χ3n) is 0. The molecule has 0 saturated carbocycles. The molecule has 0 aromatic rings. The first-order valence-electron chi connectivity index (χ1n) is 0. The molecule has 4 nitrogen and oxygen atoms in total. The molecule has 7 heavy (non-hydrogen) atoms. The zero-order valence-electron chi connectivity index (χ0n) is 3.31. The van der Waals surface area contributed by atoms with Crippen molar-refractivity contribution in [3.8, 4) is 0 Å². The van der Waals surface area contributed by atoms with Gasteiger partial charge in [-0.2, -0.15) is 0 Å². The van der Waals surface area contributed by atoms with E-state index in [1.165, 1.54) is 0 Å². The Labute approximate surface area is 79.2 Å². The first-order valence-corrected chi connectivity index (χ1v) is 0. The van der Waals surface area contributed by atoms with Gasteiger partial charge in [0.1, 0.15) is 0 Å². The maximum Gasteiger partial charge on any atom is 2.00 e. The number of hydrogen-bond donors (Lipinski definition) is 0. The Kier molecular flexibility index (Phi) is 3190. The molecule has 0 aliphatic rings. The van der Waals surface area contributed by atoms with Crippen LogP contribution in [0.2, 0.25) is 0 Å². The van der Waals surface area contributed by atoms with Gasteiger partial charge in [0.25, 0.3) is 0 Å². The molecule has 0 saturated heterocycles. The zero-order valence-corrected chi connectivity index (χ0v) is 8.83. The topological polar surface area (TPSA) is 120 Å². The second-order valence-electron chi connectivity index (χ2n) is 0. The maximum absolute atomic E-state index is 0. The fourth-order valence-electron chi connectivity index (χ4n) is 0. The van der Waals surface area contributed by atoms with E-state index in [1.54, 1.807) is 0 Å². The Morgan fingerprint density at radius 2 is 0.571 bits per heavy atom. The molecular weight excluding hydrogens is 236 g/mol. The molecule has 0 aliphatic heterocycles. The van der Waals surface area contributed by atoms with E-state index >= 15 is 0 Å². The van der Waals surface area contributed by atoms with E-state index in [9.17, 15) is 0 Å². The third kappa shape index (κ3) is 88.3. The summed E-state index contributed by atoms with van der Waals surface area (Å²) in [5, 5.41) is 0. The minimum Gasteiger partial charge on any atom is -0.870 e. The summed E-state index contributed by atoms with van der Waals surface area (Å²) in [4.78, 5) is 0. The monoisotopic (exact) mass is 238 g/mol. The standard InChI is InChI=1S/Ni.4H2O.Ti.Zn/h;4*1H2;;/q+2;;;;;;+2/p-4. The molecule has 0 spiro atoms. The zero-order chi connectivity index (χ0) is 0. The largest absolute Gasteiger partial charge is 2.00 e. The fourth-order valence-corrected chi connectivity index (χ4v) is 0. The van der Waals surface area contributed by atoms with Crippen LogP contribution in [-0.4, -0.2) is 21.9 Å². The van der Waals surface area contributed by atoms with Crippen molar-refractivity contribution in [1.82, 2.24) is 0 Å². The van der Waals surface area contributed by atoms with Crippen molar-refractivity contribution in [1.29, 1.82) is 0 Å². The second kappa shape index (κ2) is 122. The normalized spacial score (nSPS) is 0. The van der Waals surface area contributed by atoms with Crippen molar-refractivity contribution in [3.05, 3.63) is 0 Å². The van der Waals surface area contributed by atoms with Gasteiger partial charge in [0.2, 0.25) is 0 Å². The summed E-state index contributed by atoms with van der Waals surface area (Å²) in [6, 6.07) is 0. The fraction of sp³-hybridized carbons (Fsp3) is 0. The van der Waals surface area contributed by atoms with E-state index in [4.69, 9.17) is 0 Å². The summed E-state index contributed by atoms with van der Waals surface area (Å²) in [7, 11) is 0. The van der Waals surface area contributed by atoms with Gasteiger partial charge in [0, 0.05) is 21.7 Å². The van der Waals surface area contributed by atoms with Crippen LogP contribution in [0.1, 0.15) is 0 Å². The van der Waals surface area contributed by atoms with Gasteiger partial charge in [-0.1, -0.05) is 0 Å². The van der Waals surface area contributed by atoms with Crippen LogP contribution >= 0.6 is 0 Å². The van der Waals surface area contributed by atoms with Crippen LogP contribution in [0.5, 0.6) is 0 Å². The Balaban J connectivity index is 0. The van der Waals surface area contributed by atoms with Crippen molar-refractivity contribution >= 4 is 0 Å². The second-order valence-corrected chi connectivity index (χ2v) is 0. The van der Waals surface area contributed by atoms with E-state index < -0.39 is 0 Å². The molecule has 0 bridgehead atoms. The molecule has 0 fully saturated rings. The first-order chi connectivity index (χ1) is 0. The van der Waals surface area contributed by atoms with Gasteiger partial charge in [-0.15, -0.1) is 0 Å². The predicted octanol–water partition coefficient (Wildman–Crippen LogP) is -0.715. The van der Waals surface area contributed by atoms with Gasteiger partial charge in [-0.05, 0) is 0 Å². The van der Waals surface area contributed by atoms with E-state index in [1.807, 2.05) is 0 Å². The summed E-state index contributed by atoms with van der Waals surface area (Å²) in [5.41, 5.74) is 0. The molecule has 4 N–H and O–H groups in total. The Hall–Kier alpha value is 1.67. The first kappa shape index (κ1) is 183. The molecule has 0 heterocycles. The van der Waals surface area contributed by atoms with E-state index in [-0.39, 0.29) is 79.6 Å². The third-order valence-corrected chi connectivity index (χ3v) is 0. The molecular formula is H4NiO4TiZn. The molecule has 0 aliphatic carbocycles. The Morgan fingerprint density at radius 3 is 0.571 bits per heavy atom. The van der Waals surface area contributed by atoms with Gasteiger partial charge in [0.05, 0.1) is 0 Å². The minimum absolute atomic E-state index is 0. The average Bonchev–Trinajstić information content (AvgIpc) is 0. The smallest absolute Gasteiger partial charge is 0.870 e. The average molecular weight is 240 g/mol. The van der Waals surface area contributed by atoms with Gasteiger partial charge in [0.15, 0.2) is 0 Å². The Bertz CT molecular complexity index is 11.7. The predicted molar refractivity (Wildman–Crippen MR) is 7.74 cm³/mol. The van der Waals surface area contributed by atoms with Crippen molar-refractivity contribution in [2.45, 2.75) is 0 Å². The summed E-state index contributed by atoms with van der Waals surface area (Å²) in [5.74, 6) is 0. The van der Waals surface area contributed by atoms with Crippen LogP contribution < -0.4 is 0 Å². The van der Waals surface area contributed by atoms with Crippen molar-refractivity contribution in [2.75, 3.05) is 0 Å². The summed E-state index contributed by atoms with van der Waals surface area (Å²) >= 11 is 0. The summed E-state index contributed by atoms with van der Waals surface area (Å²) < 4.78 is 0. The van der Waals surface area contributed by atoms with Gasteiger partial charge >= 0.3 is 36.0 Å². The molecule has 0 atom stereocenters. The van der Waals surface area contributed by atoms with Gasteiger partial charge in [-0.3, -0.25) is 0 Å². The molecule has 44 valence electrons. The molecule has 0 radical (unpaired) electrons. The molecule has 0 amide bonds. The van der Waals surface area contributed by atoms with Crippen LogP contribution in [0.25, 0.3) is 0 Å². The van der Waals surface area contributed by atoms with E-state index in [0.29, 0.717) is 0 Å². The van der Waals surface area contributed by atoms with Crippen molar-refractivity contribution in [2.24, 2.45) is 0 Å². The van der Waals surface area contributed by atoms with Crippen LogP contribution in [0.4, 0.5) is 0 Å². The molecule has 7 heteroatoms. The minimum atomic E-state index is 0. The summed E-state index contributed by atoms with van der Waals surface area (Å²) in [6.07, 6.45) is 0. The van der Waals surface area contributed by atoms with E-state index in [0.717, 1.165) is 0 Å². The SMILES string of the molecule is [Ni+2].[OH-].[OH-].[OH-].[OH-].[Ti].[Zn+2]. The van der Waals surface area contributed by atoms with E-state index in [2.05, 4.69) is 0 Å². The van der Waals surface area contributed by atoms with Crippen LogP contribution in [0, 0.1) is 0 Å². The van der Waals surface area contributed by atoms with Crippen molar-refractivity contribution in [3.63, 3.8) is 0 Å². The quantitative estimate of drug-likeness (QED) is 0.519. The Morgan fingerprint density at radius 1 is 0.571 bits per heavy atom. The number of hydrogen-bond acceptors (Lipinski definition) is 4.